The van der Waals surface area contributed by atoms with Crippen LogP contribution in [0.1, 0.15) is 46.0 Å². The second kappa shape index (κ2) is 7.61. The molecule has 7 nitrogen and oxygen atoms in total. The molecule has 0 N–H and O–H groups in total. The van der Waals surface area contributed by atoms with E-state index in [1.54, 1.807) is 24.3 Å². The molecule has 2 aromatic heterocycles. The summed E-state index contributed by atoms with van der Waals surface area (Å²) < 4.78 is 57.1. The number of carbonyl (C=O) groups is 2. The van der Waals surface area contributed by atoms with E-state index < -0.39 is 46.2 Å². The summed E-state index contributed by atoms with van der Waals surface area (Å²) >= 11 is 0. The van der Waals surface area contributed by atoms with E-state index in [4.69, 9.17) is 13.9 Å². The van der Waals surface area contributed by atoms with Crippen LogP contribution in [0, 0.1) is 6.92 Å². The molecule has 0 saturated heterocycles. The van der Waals surface area contributed by atoms with Gasteiger partial charge in [-0.05, 0) is 32.9 Å². The van der Waals surface area contributed by atoms with Crippen molar-refractivity contribution in [1.29, 1.82) is 0 Å². The Hall–Kier alpha value is -3.30. The molecule has 10 heteroatoms. The van der Waals surface area contributed by atoms with Gasteiger partial charge in [0.25, 0.3) is 0 Å². The van der Waals surface area contributed by atoms with Gasteiger partial charge >= 0.3 is 18.1 Å². The maximum Gasteiger partial charge on any atom is 0.435 e. The molecule has 3 rings (SSSR count). The normalized spacial score (nSPS) is 11.7. The van der Waals surface area contributed by atoms with Crippen LogP contribution in [0.25, 0.3) is 16.8 Å². The number of nitrogens with zero attached hydrogens (tertiary/aromatic N) is 2. The third kappa shape index (κ3) is 3.69. The number of benzene rings is 1. The number of fused-ring (bicyclic) bond motifs is 1. The maximum absolute atomic E-state index is 13.7. The number of furan rings is 1. The smallest absolute Gasteiger partial charge is 0.435 e. The minimum atomic E-state index is -4.91. The predicted octanol–water partition coefficient (Wildman–Crippen LogP) is 4.30. The summed E-state index contributed by atoms with van der Waals surface area (Å²) in [7, 11) is 0. The van der Waals surface area contributed by atoms with Gasteiger partial charge in [0.15, 0.2) is 5.69 Å². The van der Waals surface area contributed by atoms with E-state index in [1.807, 2.05) is 6.92 Å². The SMILES string of the molecule is CCOC(=O)c1oc2c(c(C(F)(F)F)nn2-c2ccc(C)cc2)c1C(=O)OCC. The molecule has 0 radical (unpaired) electrons. The Morgan fingerprint density at radius 3 is 2.21 bits per heavy atom. The number of hydrogen-bond acceptors (Lipinski definition) is 6. The van der Waals surface area contributed by atoms with Gasteiger partial charge < -0.3 is 13.9 Å². The molecule has 2 heterocycles. The average molecular weight is 410 g/mol. The first-order chi connectivity index (χ1) is 13.7. The zero-order chi connectivity index (χ0) is 21.3. The molecule has 0 atom stereocenters. The molecule has 154 valence electrons. The molecule has 0 amide bonds. The number of ether oxygens (including phenoxy) is 2. The summed E-state index contributed by atoms with van der Waals surface area (Å²) in [4.78, 5) is 24.7. The van der Waals surface area contributed by atoms with Crippen LogP contribution in [0.5, 0.6) is 0 Å². The highest BCUT2D eigenvalue weighted by atomic mass is 19.4. The van der Waals surface area contributed by atoms with Crippen LogP contribution < -0.4 is 0 Å². The predicted molar refractivity (Wildman–Crippen MR) is 95.0 cm³/mol. The number of carbonyl (C=O) groups excluding carboxylic acids is 2. The Kier molecular flexibility index (Phi) is 5.36. The topological polar surface area (TPSA) is 83.6 Å². The van der Waals surface area contributed by atoms with Gasteiger partial charge in [-0.15, -0.1) is 0 Å². The molecule has 29 heavy (non-hydrogen) atoms. The van der Waals surface area contributed by atoms with Crippen molar-refractivity contribution in [3.05, 3.63) is 46.8 Å². The fourth-order valence-electron chi connectivity index (χ4n) is 2.78. The van der Waals surface area contributed by atoms with E-state index in [0.717, 1.165) is 10.2 Å². The Morgan fingerprint density at radius 2 is 1.66 bits per heavy atom. The average Bonchev–Trinajstić information content (AvgIpc) is 3.19. The van der Waals surface area contributed by atoms with Crippen LogP contribution in [0.4, 0.5) is 13.2 Å². The fraction of sp³-hybridized carbons (Fsp3) is 0.316. The molecule has 0 aliphatic carbocycles. The van der Waals surface area contributed by atoms with Crippen LogP contribution >= 0.6 is 0 Å². The number of halogens is 3. The van der Waals surface area contributed by atoms with Crippen LogP contribution in [-0.4, -0.2) is 34.9 Å². The van der Waals surface area contributed by atoms with Gasteiger partial charge in [-0.2, -0.15) is 23.0 Å². The second-order valence-electron chi connectivity index (χ2n) is 6.02. The number of esters is 2. The molecule has 0 bridgehead atoms. The number of aryl methyl sites for hydroxylation is 1. The lowest BCUT2D eigenvalue weighted by Gasteiger charge is -2.06. The Balaban J connectivity index is 2.38. The Morgan fingerprint density at radius 1 is 1.07 bits per heavy atom. The van der Waals surface area contributed by atoms with Crippen LogP contribution in [0.15, 0.2) is 28.7 Å². The summed E-state index contributed by atoms with van der Waals surface area (Å²) in [6, 6.07) is 6.44. The lowest BCUT2D eigenvalue weighted by molar-refractivity contribution is -0.140. The van der Waals surface area contributed by atoms with E-state index in [0.29, 0.717) is 0 Å². The van der Waals surface area contributed by atoms with Gasteiger partial charge in [0.05, 0.1) is 24.3 Å². The van der Waals surface area contributed by atoms with Crippen molar-refractivity contribution in [2.24, 2.45) is 0 Å². The van der Waals surface area contributed by atoms with Crippen molar-refractivity contribution in [1.82, 2.24) is 9.78 Å². The van der Waals surface area contributed by atoms with Crippen molar-refractivity contribution in [3.8, 4) is 5.69 Å². The standard InChI is InChI=1S/C19H17F3N2O5/c1-4-27-17(25)12-13-15(19(20,21)22)23-24(11-8-6-10(3)7-9-11)16(13)29-14(12)18(26)28-5-2/h6-9H,4-5H2,1-3H3. The molecule has 3 aromatic rings. The fourth-order valence-corrected chi connectivity index (χ4v) is 2.78. The van der Waals surface area contributed by atoms with E-state index in [-0.39, 0.29) is 18.9 Å². The maximum atomic E-state index is 13.7. The molecule has 0 aliphatic rings. The zero-order valence-corrected chi connectivity index (χ0v) is 15.8. The molecule has 0 saturated carbocycles. The molecule has 0 spiro atoms. The number of rotatable bonds is 5. The van der Waals surface area contributed by atoms with Crippen LogP contribution in [-0.2, 0) is 15.7 Å². The summed E-state index contributed by atoms with van der Waals surface area (Å²) in [5, 5.41) is 2.95. The number of alkyl halides is 3. The first-order valence-electron chi connectivity index (χ1n) is 8.73. The molecule has 0 aliphatic heterocycles. The van der Waals surface area contributed by atoms with Crippen molar-refractivity contribution >= 4 is 23.0 Å². The summed E-state index contributed by atoms with van der Waals surface area (Å²) in [6.07, 6.45) is -4.91. The lowest BCUT2D eigenvalue weighted by Crippen LogP contribution is -2.14. The van der Waals surface area contributed by atoms with Gasteiger partial charge in [-0.25, -0.2) is 9.59 Å². The van der Waals surface area contributed by atoms with Crippen molar-refractivity contribution in [3.63, 3.8) is 0 Å². The molecule has 1 aromatic carbocycles. The minimum absolute atomic E-state index is 0.0612. The second-order valence-corrected chi connectivity index (χ2v) is 6.02. The largest absolute Gasteiger partial charge is 0.462 e. The molecule has 0 unspecified atom stereocenters. The van der Waals surface area contributed by atoms with E-state index in [1.165, 1.54) is 13.8 Å². The summed E-state index contributed by atoms with van der Waals surface area (Å²) in [5.41, 5.74) is -1.29. The van der Waals surface area contributed by atoms with Crippen molar-refractivity contribution < 1.29 is 36.7 Å². The Bertz CT molecular complexity index is 1060. The lowest BCUT2D eigenvalue weighted by atomic mass is 10.1. The molecular formula is C19H17F3N2O5. The number of aromatic nitrogens is 2. The number of hydrogen-bond donors (Lipinski definition) is 0. The molecule has 0 fully saturated rings. The highest BCUT2D eigenvalue weighted by molar-refractivity contribution is 6.12. The van der Waals surface area contributed by atoms with Gasteiger partial charge in [-0.1, -0.05) is 17.7 Å². The molecular weight excluding hydrogens is 393 g/mol. The first kappa shape index (κ1) is 20.4. The third-order valence-electron chi connectivity index (χ3n) is 4.01. The quantitative estimate of drug-likeness (QED) is 0.583. The minimum Gasteiger partial charge on any atom is -0.462 e. The van der Waals surface area contributed by atoms with E-state index in [9.17, 15) is 22.8 Å². The monoisotopic (exact) mass is 410 g/mol. The van der Waals surface area contributed by atoms with Crippen LogP contribution in [0.2, 0.25) is 0 Å². The highest BCUT2D eigenvalue weighted by Gasteiger charge is 2.43. The van der Waals surface area contributed by atoms with E-state index in [2.05, 4.69) is 5.10 Å². The highest BCUT2D eigenvalue weighted by Crippen LogP contribution is 2.39. The Labute approximate surface area is 163 Å². The summed E-state index contributed by atoms with van der Waals surface area (Å²) in [6.45, 7) is 4.64. The zero-order valence-electron chi connectivity index (χ0n) is 15.8. The van der Waals surface area contributed by atoms with Gasteiger partial charge in [0, 0.05) is 0 Å². The third-order valence-corrected chi connectivity index (χ3v) is 4.01. The van der Waals surface area contributed by atoms with Crippen LogP contribution in [0.3, 0.4) is 0 Å². The van der Waals surface area contributed by atoms with Gasteiger partial charge in [-0.3, -0.25) is 0 Å². The summed E-state index contributed by atoms with van der Waals surface area (Å²) in [5.74, 6) is -2.87. The van der Waals surface area contributed by atoms with Gasteiger partial charge in [0.2, 0.25) is 11.5 Å². The van der Waals surface area contributed by atoms with Crippen molar-refractivity contribution in [2.45, 2.75) is 26.9 Å². The first-order valence-corrected chi connectivity index (χ1v) is 8.73. The van der Waals surface area contributed by atoms with Crippen molar-refractivity contribution in [2.75, 3.05) is 13.2 Å². The van der Waals surface area contributed by atoms with Gasteiger partial charge in [0.1, 0.15) is 5.56 Å². The van der Waals surface area contributed by atoms with E-state index >= 15 is 0 Å².